The number of amides is 1. The molecule has 0 spiro atoms. The number of anilines is 1. The highest BCUT2D eigenvalue weighted by Gasteiger charge is 2.33. The molecule has 0 saturated carbocycles. The fourth-order valence-electron chi connectivity index (χ4n) is 4.92. The van der Waals surface area contributed by atoms with Gasteiger partial charge in [0.25, 0.3) is 5.89 Å². The molecule has 38 heavy (non-hydrogen) atoms. The average Bonchev–Trinajstić information content (AvgIpc) is 3.55. The number of piperidine rings is 1. The van der Waals surface area contributed by atoms with Crippen molar-refractivity contribution in [2.75, 3.05) is 31.1 Å². The van der Waals surface area contributed by atoms with E-state index in [1.54, 1.807) is 23.2 Å². The van der Waals surface area contributed by atoms with E-state index in [-0.39, 0.29) is 42.7 Å². The predicted octanol–water partition coefficient (Wildman–Crippen LogP) is 3.73. The first-order chi connectivity index (χ1) is 18.4. The lowest BCUT2D eigenvalue weighted by atomic mass is 9.94. The molecular formula is C27H33FN6O4. The highest BCUT2D eigenvalue weighted by Crippen LogP contribution is 2.31. The van der Waals surface area contributed by atoms with Crippen molar-refractivity contribution in [2.45, 2.75) is 57.5 Å². The number of hydrogen-bond acceptors (Lipinski definition) is 9. The standard InChI is InChI=1S/C27H33FN6O4/c1-17(2)37-27(35)33-11-9-19(10-12-33)36-16-24-31-26(38-32-24)18-7-8-25(30-13-18)34-14-21(23(29)15-34)20-5-3-4-6-22(20)28/h3-8,13,17,19,21,23H,9-12,14-16,29H2,1-2H3/t21-,23+/m1/s1. The number of rotatable bonds is 7. The van der Waals surface area contributed by atoms with Crippen LogP contribution in [0.5, 0.6) is 0 Å². The van der Waals surface area contributed by atoms with Gasteiger partial charge in [0, 0.05) is 44.3 Å². The van der Waals surface area contributed by atoms with Gasteiger partial charge in [-0.15, -0.1) is 0 Å². The molecule has 5 rings (SSSR count). The Morgan fingerprint density at radius 3 is 2.68 bits per heavy atom. The number of aromatic nitrogens is 3. The number of nitrogens with two attached hydrogens (primary N) is 1. The maximum Gasteiger partial charge on any atom is 0.410 e. The van der Waals surface area contributed by atoms with E-state index in [1.807, 2.05) is 32.0 Å². The lowest BCUT2D eigenvalue weighted by Gasteiger charge is -2.31. The molecule has 4 heterocycles. The number of hydrogen-bond donors (Lipinski definition) is 1. The average molecular weight is 525 g/mol. The number of pyridine rings is 1. The Morgan fingerprint density at radius 2 is 1.97 bits per heavy atom. The summed E-state index contributed by atoms with van der Waals surface area (Å²) in [7, 11) is 0. The number of carbonyl (C=O) groups excluding carboxylic acids is 1. The molecule has 1 aromatic carbocycles. The molecule has 3 aromatic rings. The van der Waals surface area contributed by atoms with Gasteiger partial charge in [0.15, 0.2) is 5.82 Å². The van der Waals surface area contributed by atoms with Crippen LogP contribution in [0.25, 0.3) is 11.5 Å². The lowest BCUT2D eigenvalue weighted by Crippen LogP contribution is -2.41. The van der Waals surface area contributed by atoms with Crippen molar-refractivity contribution < 1.29 is 23.2 Å². The van der Waals surface area contributed by atoms with Gasteiger partial charge in [-0.25, -0.2) is 14.2 Å². The van der Waals surface area contributed by atoms with Gasteiger partial charge in [-0.1, -0.05) is 23.4 Å². The molecule has 2 saturated heterocycles. The van der Waals surface area contributed by atoms with Crippen LogP contribution in [0.2, 0.25) is 0 Å². The SMILES string of the molecule is CC(C)OC(=O)N1CCC(OCc2noc(-c3ccc(N4C[C@H](c5ccccc5F)[C@@H](N)C4)nc3)n2)CC1. The summed E-state index contributed by atoms with van der Waals surface area (Å²) < 4.78 is 30.9. The Hall–Kier alpha value is -3.57. The van der Waals surface area contributed by atoms with E-state index in [1.165, 1.54) is 6.07 Å². The molecule has 10 nitrogen and oxygen atoms in total. The van der Waals surface area contributed by atoms with Crippen LogP contribution in [0.4, 0.5) is 15.0 Å². The summed E-state index contributed by atoms with van der Waals surface area (Å²) in [5.74, 6) is 1.23. The predicted molar refractivity (Wildman–Crippen MR) is 138 cm³/mol. The summed E-state index contributed by atoms with van der Waals surface area (Å²) in [6.07, 6.45) is 2.73. The highest BCUT2D eigenvalue weighted by atomic mass is 19.1. The molecule has 0 aliphatic carbocycles. The van der Waals surface area contributed by atoms with Gasteiger partial charge in [-0.2, -0.15) is 4.98 Å². The second-order valence-electron chi connectivity index (χ2n) is 10.0. The van der Waals surface area contributed by atoms with Crippen LogP contribution < -0.4 is 10.6 Å². The summed E-state index contributed by atoms with van der Waals surface area (Å²) in [6, 6.07) is 10.3. The zero-order valence-corrected chi connectivity index (χ0v) is 21.6. The van der Waals surface area contributed by atoms with Gasteiger partial charge >= 0.3 is 6.09 Å². The Morgan fingerprint density at radius 1 is 1.18 bits per heavy atom. The Labute approximate surface area is 220 Å². The fourth-order valence-corrected chi connectivity index (χ4v) is 4.92. The van der Waals surface area contributed by atoms with Crippen LogP contribution in [-0.4, -0.2) is 70.5 Å². The Kier molecular flexibility index (Phi) is 7.85. The summed E-state index contributed by atoms with van der Waals surface area (Å²) in [5.41, 5.74) is 7.68. The maximum absolute atomic E-state index is 14.3. The molecule has 2 aromatic heterocycles. The van der Waals surface area contributed by atoms with Gasteiger partial charge in [0.05, 0.1) is 17.8 Å². The molecule has 2 aliphatic rings. The molecule has 2 atom stereocenters. The molecule has 1 amide bonds. The highest BCUT2D eigenvalue weighted by molar-refractivity contribution is 5.67. The lowest BCUT2D eigenvalue weighted by molar-refractivity contribution is -0.00899. The Balaban J connectivity index is 1.13. The third-order valence-electron chi connectivity index (χ3n) is 6.94. The number of carbonyl (C=O) groups is 1. The number of likely N-dealkylation sites (tertiary alicyclic amines) is 1. The molecule has 0 bridgehead atoms. The zero-order valence-electron chi connectivity index (χ0n) is 21.6. The van der Waals surface area contributed by atoms with Crippen molar-refractivity contribution >= 4 is 11.9 Å². The zero-order chi connectivity index (χ0) is 26.6. The molecule has 2 fully saturated rings. The smallest absolute Gasteiger partial charge is 0.410 e. The van der Waals surface area contributed by atoms with E-state index >= 15 is 0 Å². The quantitative estimate of drug-likeness (QED) is 0.493. The first-order valence-corrected chi connectivity index (χ1v) is 13.0. The second kappa shape index (κ2) is 11.4. The topological polar surface area (TPSA) is 120 Å². The van der Waals surface area contributed by atoms with Crippen molar-refractivity contribution in [3.8, 4) is 11.5 Å². The minimum Gasteiger partial charge on any atom is -0.447 e. The number of halogens is 1. The van der Waals surface area contributed by atoms with Gasteiger partial charge in [0.2, 0.25) is 0 Å². The van der Waals surface area contributed by atoms with Crippen LogP contribution in [0.3, 0.4) is 0 Å². The molecule has 2 aliphatic heterocycles. The first kappa shape index (κ1) is 26.1. The second-order valence-corrected chi connectivity index (χ2v) is 10.0. The summed E-state index contributed by atoms with van der Waals surface area (Å²) in [6.45, 7) is 6.26. The maximum atomic E-state index is 14.3. The van der Waals surface area contributed by atoms with Gasteiger partial charge in [-0.3, -0.25) is 0 Å². The van der Waals surface area contributed by atoms with Gasteiger partial charge in [-0.05, 0) is 50.5 Å². The van der Waals surface area contributed by atoms with Crippen molar-refractivity contribution in [3.63, 3.8) is 0 Å². The summed E-state index contributed by atoms with van der Waals surface area (Å²) in [4.78, 5) is 24.8. The van der Waals surface area contributed by atoms with Crippen molar-refractivity contribution in [1.82, 2.24) is 20.0 Å². The molecular weight excluding hydrogens is 491 g/mol. The number of benzene rings is 1. The van der Waals surface area contributed by atoms with Crippen molar-refractivity contribution in [2.24, 2.45) is 5.73 Å². The van der Waals surface area contributed by atoms with Crippen LogP contribution in [0, 0.1) is 5.82 Å². The third-order valence-corrected chi connectivity index (χ3v) is 6.94. The largest absolute Gasteiger partial charge is 0.447 e. The fraction of sp³-hybridized carbons (Fsp3) is 0.481. The monoisotopic (exact) mass is 524 g/mol. The summed E-state index contributed by atoms with van der Waals surface area (Å²) >= 11 is 0. The van der Waals surface area contributed by atoms with Crippen molar-refractivity contribution in [3.05, 3.63) is 59.8 Å². The first-order valence-electron chi connectivity index (χ1n) is 13.0. The third kappa shape index (κ3) is 5.94. The van der Waals surface area contributed by atoms with E-state index in [0.29, 0.717) is 49.0 Å². The Bertz CT molecular complexity index is 1230. The molecule has 2 N–H and O–H groups in total. The summed E-state index contributed by atoms with van der Waals surface area (Å²) in [5, 5.41) is 4.03. The van der Waals surface area contributed by atoms with Gasteiger partial charge in [0.1, 0.15) is 18.2 Å². The van der Waals surface area contributed by atoms with E-state index < -0.39 is 0 Å². The van der Waals surface area contributed by atoms with Crippen LogP contribution >= 0.6 is 0 Å². The molecule has 0 radical (unpaired) electrons. The van der Waals surface area contributed by atoms with Crippen LogP contribution in [0.15, 0.2) is 47.1 Å². The number of ether oxygens (including phenoxy) is 2. The molecule has 0 unspecified atom stereocenters. The van der Waals surface area contributed by atoms with E-state index in [4.69, 9.17) is 19.7 Å². The van der Waals surface area contributed by atoms with Gasteiger partial charge < -0.3 is 29.5 Å². The minimum atomic E-state index is -0.279. The van der Waals surface area contributed by atoms with E-state index in [9.17, 15) is 9.18 Å². The van der Waals surface area contributed by atoms with Crippen molar-refractivity contribution in [1.29, 1.82) is 0 Å². The number of nitrogens with zero attached hydrogens (tertiary/aromatic N) is 5. The molecule has 202 valence electrons. The minimum absolute atomic E-state index is 0.0148. The van der Waals surface area contributed by atoms with Crippen LogP contribution in [0.1, 0.15) is 44.0 Å². The van der Waals surface area contributed by atoms with Crippen LogP contribution in [-0.2, 0) is 16.1 Å². The molecule has 11 heteroatoms. The normalized spacial score (nSPS) is 20.3. The van der Waals surface area contributed by atoms with E-state index in [2.05, 4.69) is 20.0 Å². The van der Waals surface area contributed by atoms with E-state index in [0.717, 1.165) is 18.7 Å².